The van der Waals surface area contributed by atoms with Crippen LogP contribution in [0.25, 0.3) is 0 Å². The monoisotopic (exact) mass is 524 g/mol. The Hall–Kier alpha value is -2.75. The summed E-state index contributed by atoms with van der Waals surface area (Å²) in [7, 11) is 3.02. The molecule has 0 aliphatic rings. The fourth-order valence-electron chi connectivity index (χ4n) is 3.54. The van der Waals surface area contributed by atoms with Gasteiger partial charge in [-0.1, -0.05) is 40.0 Å². The third kappa shape index (κ3) is 11.3. The number of rotatable bonds is 18. The zero-order chi connectivity index (χ0) is 27.1. The molecule has 0 aliphatic carbocycles. The highest BCUT2D eigenvalue weighted by Gasteiger charge is 2.30. The third-order valence-electron chi connectivity index (χ3n) is 5.57. The van der Waals surface area contributed by atoms with Gasteiger partial charge in [0.25, 0.3) is 0 Å². The van der Waals surface area contributed by atoms with Crippen molar-refractivity contribution in [1.29, 1.82) is 0 Å². The van der Waals surface area contributed by atoms with Crippen molar-refractivity contribution in [2.24, 2.45) is 5.92 Å². The van der Waals surface area contributed by atoms with Crippen LogP contribution in [0.1, 0.15) is 58.4 Å². The summed E-state index contributed by atoms with van der Waals surface area (Å²) >= 11 is 1.44. The van der Waals surface area contributed by atoms with Gasteiger partial charge in [-0.05, 0) is 36.3 Å². The zero-order valence-electron chi connectivity index (χ0n) is 21.9. The standard InChI is InChI=1S/C26H40N2O7S/c1-6-7-8-9-12-36-16-21(29)20(15-24(31)32)27-26(33)25(17(2)3)28-23(30)14-18-13-19(34-4)10-11-22(18)35-5/h10-11,13,17,20,25H,6-9,12,14-16H2,1-5H3,(H,27,33)(H,28,30)(H,31,32)/t20-,25-/m0/s1. The predicted octanol–water partition coefficient (Wildman–Crippen LogP) is 3.23. The highest BCUT2D eigenvalue weighted by Crippen LogP contribution is 2.24. The van der Waals surface area contributed by atoms with Crippen molar-refractivity contribution in [3.05, 3.63) is 23.8 Å². The Labute approximate surface area is 218 Å². The van der Waals surface area contributed by atoms with Crippen LogP contribution < -0.4 is 20.1 Å². The van der Waals surface area contributed by atoms with Crippen molar-refractivity contribution >= 4 is 35.3 Å². The molecule has 0 radical (unpaired) electrons. The summed E-state index contributed by atoms with van der Waals surface area (Å²) in [6.45, 7) is 5.64. The average molecular weight is 525 g/mol. The van der Waals surface area contributed by atoms with E-state index in [4.69, 9.17) is 9.47 Å². The number of aliphatic carboxylic acids is 1. The number of thioether (sulfide) groups is 1. The predicted molar refractivity (Wildman–Crippen MR) is 141 cm³/mol. The van der Waals surface area contributed by atoms with Crippen LogP contribution in [0.15, 0.2) is 18.2 Å². The number of unbranched alkanes of at least 4 members (excludes halogenated alkanes) is 3. The van der Waals surface area contributed by atoms with Crippen LogP contribution in [0.2, 0.25) is 0 Å². The van der Waals surface area contributed by atoms with E-state index in [1.54, 1.807) is 32.0 Å². The molecule has 202 valence electrons. The highest BCUT2D eigenvalue weighted by atomic mass is 32.2. The van der Waals surface area contributed by atoms with Gasteiger partial charge in [0, 0.05) is 5.56 Å². The van der Waals surface area contributed by atoms with Crippen LogP contribution in [0.4, 0.5) is 0 Å². The van der Waals surface area contributed by atoms with Crippen LogP contribution in [0.5, 0.6) is 11.5 Å². The minimum absolute atomic E-state index is 0.0525. The maximum atomic E-state index is 13.0. The van der Waals surface area contributed by atoms with Crippen molar-refractivity contribution in [3.8, 4) is 11.5 Å². The summed E-state index contributed by atoms with van der Waals surface area (Å²) in [6, 6.07) is 2.99. The van der Waals surface area contributed by atoms with Crippen LogP contribution in [0.3, 0.4) is 0 Å². The summed E-state index contributed by atoms with van der Waals surface area (Å²) in [5, 5.41) is 14.5. The Morgan fingerprint density at radius 3 is 2.33 bits per heavy atom. The number of Topliss-reactive ketones (excluding diaryl/α,β-unsaturated/α-hetero) is 1. The van der Waals surface area contributed by atoms with Crippen LogP contribution in [-0.2, 0) is 25.6 Å². The number of methoxy groups -OCH3 is 2. The second-order valence-electron chi connectivity index (χ2n) is 8.88. The van der Waals surface area contributed by atoms with Gasteiger partial charge in [0.2, 0.25) is 11.8 Å². The van der Waals surface area contributed by atoms with E-state index in [2.05, 4.69) is 17.6 Å². The van der Waals surface area contributed by atoms with Gasteiger partial charge >= 0.3 is 5.97 Å². The topological polar surface area (TPSA) is 131 Å². The van der Waals surface area contributed by atoms with E-state index in [1.807, 2.05) is 0 Å². The van der Waals surface area contributed by atoms with Crippen molar-refractivity contribution in [3.63, 3.8) is 0 Å². The normalized spacial score (nSPS) is 12.5. The fourth-order valence-corrected chi connectivity index (χ4v) is 4.49. The first-order chi connectivity index (χ1) is 17.1. The Kier molecular flexibility index (Phi) is 14.6. The Morgan fingerprint density at radius 1 is 1.03 bits per heavy atom. The molecule has 0 bridgehead atoms. The van der Waals surface area contributed by atoms with Crippen molar-refractivity contribution in [2.75, 3.05) is 25.7 Å². The maximum Gasteiger partial charge on any atom is 0.305 e. The highest BCUT2D eigenvalue weighted by molar-refractivity contribution is 7.99. The van der Waals surface area contributed by atoms with Gasteiger partial charge in [-0.3, -0.25) is 19.2 Å². The average Bonchev–Trinajstić information content (AvgIpc) is 2.83. The number of hydrogen-bond acceptors (Lipinski definition) is 7. The molecule has 0 heterocycles. The minimum Gasteiger partial charge on any atom is -0.497 e. The van der Waals surface area contributed by atoms with Crippen LogP contribution in [-0.4, -0.2) is 66.5 Å². The quantitative estimate of drug-likeness (QED) is 0.250. The van der Waals surface area contributed by atoms with Crippen molar-refractivity contribution < 1.29 is 33.8 Å². The van der Waals surface area contributed by atoms with Gasteiger partial charge in [0.15, 0.2) is 5.78 Å². The van der Waals surface area contributed by atoms with E-state index in [0.717, 1.165) is 31.4 Å². The first-order valence-corrected chi connectivity index (χ1v) is 13.4. The van der Waals surface area contributed by atoms with Gasteiger partial charge in [-0.15, -0.1) is 0 Å². The number of carbonyl (C=O) groups excluding carboxylic acids is 3. The van der Waals surface area contributed by atoms with Gasteiger partial charge in [0.05, 0.1) is 38.9 Å². The lowest BCUT2D eigenvalue weighted by molar-refractivity contribution is -0.140. The second-order valence-corrected chi connectivity index (χ2v) is 9.99. The Morgan fingerprint density at radius 2 is 1.75 bits per heavy atom. The first kappa shape index (κ1) is 31.3. The van der Waals surface area contributed by atoms with Gasteiger partial charge in [0.1, 0.15) is 17.5 Å². The summed E-state index contributed by atoms with van der Waals surface area (Å²) in [6.07, 6.45) is 3.77. The van der Waals surface area contributed by atoms with E-state index < -0.39 is 36.3 Å². The van der Waals surface area contributed by atoms with E-state index in [0.29, 0.717) is 17.1 Å². The van der Waals surface area contributed by atoms with Crippen molar-refractivity contribution in [1.82, 2.24) is 10.6 Å². The summed E-state index contributed by atoms with van der Waals surface area (Å²) in [4.78, 5) is 49.8. The molecular weight excluding hydrogens is 484 g/mol. The van der Waals surface area contributed by atoms with E-state index in [-0.39, 0.29) is 23.9 Å². The molecule has 3 N–H and O–H groups in total. The molecule has 0 spiro atoms. The minimum atomic E-state index is -1.18. The molecular formula is C26H40N2O7S. The van der Waals surface area contributed by atoms with Gasteiger partial charge in [-0.2, -0.15) is 11.8 Å². The first-order valence-electron chi connectivity index (χ1n) is 12.3. The molecule has 0 saturated carbocycles. The van der Waals surface area contributed by atoms with E-state index >= 15 is 0 Å². The number of ketones is 1. The van der Waals surface area contributed by atoms with Crippen LogP contribution in [0, 0.1) is 5.92 Å². The lowest BCUT2D eigenvalue weighted by Crippen LogP contribution is -2.54. The zero-order valence-corrected chi connectivity index (χ0v) is 22.7. The molecule has 1 aromatic carbocycles. The number of hydrogen-bond donors (Lipinski definition) is 3. The number of carboxylic acids is 1. The maximum absolute atomic E-state index is 13.0. The third-order valence-corrected chi connectivity index (χ3v) is 6.64. The summed E-state index contributed by atoms with van der Waals surface area (Å²) in [5.41, 5.74) is 0.590. The molecule has 2 atom stereocenters. The molecule has 2 amide bonds. The van der Waals surface area contributed by atoms with E-state index in [9.17, 15) is 24.3 Å². The smallest absolute Gasteiger partial charge is 0.305 e. The number of ether oxygens (including phenoxy) is 2. The largest absolute Gasteiger partial charge is 0.497 e. The molecule has 0 aromatic heterocycles. The lowest BCUT2D eigenvalue weighted by Gasteiger charge is -2.25. The lowest BCUT2D eigenvalue weighted by atomic mass is 10.0. The van der Waals surface area contributed by atoms with E-state index in [1.165, 1.54) is 26.0 Å². The molecule has 9 nitrogen and oxygen atoms in total. The fraction of sp³-hybridized carbons (Fsp3) is 0.615. The Balaban J connectivity index is 2.82. The number of amides is 2. The SMILES string of the molecule is CCCCCCSCC(=O)[C@H](CC(=O)O)NC(=O)[C@@H](NC(=O)Cc1cc(OC)ccc1OC)C(C)C. The summed E-state index contributed by atoms with van der Waals surface area (Å²) in [5.74, 6) is -0.836. The number of carbonyl (C=O) groups is 4. The molecule has 0 saturated heterocycles. The van der Waals surface area contributed by atoms with Gasteiger partial charge in [-0.25, -0.2) is 0 Å². The van der Waals surface area contributed by atoms with Crippen LogP contribution >= 0.6 is 11.8 Å². The number of nitrogens with one attached hydrogen (secondary N) is 2. The Bertz CT molecular complexity index is 876. The van der Waals surface area contributed by atoms with Crippen molar-refractivity contribution in [2.45, 2.75) is 71.4 Å². The molecule has 0 unspecified atom stereocenters. The molecule has 1 rings (SSSR count). The number of benzene rings is 1. The molecule has 0 aliphatic heterocycles. The number of carboxylic acid groups (broad SMARTS) is 1. The molecule has 36 heavy (non-hydrogen) atoms. The molecule has 10 heteroatoms. The van der Waals surface area contributed by atoms with Gasteiger partial charge < -0.3 is 25.2 Å². The summed E-state index contributed by atoms with van der Waals surface area (Å²) < 4.78 is 10.5. The second kappa shape index (κ2) is 16.8. The molecule has 0 fully saturated rings. The molecule has 1 aromatic rings.